The molecule has 1 atom stereocenters. The van der Waals surface area contributed by atoms with Crippen LogP contribution in [0.2, 0.25) is 0 Å². The summed E-state index contributed by atoms with van der Waals surface area (Å²) in [5.74, 6) is 3.51. The van der Waals surface area contributed by atoms with Crippen LogP contribution >= 0.6 is 0 Å². The second-order valence-corrected chi connectivity index (χ2v) is 6.54. The van der Waals surface area contributed by atoms with Crippen molar-refractivity contribution in [2.24, 2.45) is 5.92 Å². The fourth-order valence-electron chi connectivity index (χ4n) is 2.48. The van der Waals surface area contributed by atoms with Crippen LogP contribution in [0.5, 0.6) is 0 Å². The minimum absolute atomic E-state index is 0.381. The Balaban J connectivity index is 2.08. The first kappa shape index (κ1) is 15.0. The van der Waals surface area contributed by atoms with Gasteiger partial charge in [0.25, 0.3) is 0 Å². The maximum absolute atomic E-state index is 5.90. The number of hydrogen-bond donors (Lipinski definition) is 2. The van der Waals surface area contributed by atoms with Crippen LogP contribution in [0.1, 0.15) is 44.9 Å². The average molecular weight is 277 g/mol. The largest absolute Gasteiger partial charge is 0.384 e. The summed E-state index contributed by atoms with van der Waals surface area (Å²) < 4.78 is 0. The SMILES string of the molecule is CC(C)CC(CN(C)C)Nc1cc(N)nc(C2CC2)n1. The molecule has 5 nitrogen and oxygen atoms in total. The number of aromatic nitrogens is 2. The third-order valence-electron chi connectivity index (χ3n) is 3.40. The van der Waals surface area contributed by atoms with E-state index in [1.54, 1.807) is 0 Å². The van der Waals surface area contributed by atoms with Gasteiger partial charge in [-0.3, -0.25) is 0 Å². The van der Waals surface area contributed by atoms with E-state index < -0.39 is 0 Å². The van der Waals surface area contributed by atoms with E-state index in [-0.39, 0.29) is 0 Å². The Morgan fingerprint density at radius 3 is 2.60 bits per heavy atom. The van der Waals surface area contributed by atoms with Crippen molar-refractivity contribution in [2.45, 2.75) is 45.1 Å². The molecule has 20 heavy (non-hydrogen) atoms. The minimum Gasteiger partial charge on any atom is -0.384 e. The molecule has 1 aromatic heterocycles. The van der Waals surface area contributed by atoms with Crippen molar-refractivity contribution >= 4 is 11.6 Å². The number of nitrogen functional groups attached to an aromatic ring is 1. The Labute approximate surface area is 122 Å². The Kier molecular flexibility index (Phi) is 4.81. The van der Waals surface area contributed by atoms with Crippen LogP contribution in [0.3, 0.4) is 0 Å². The van der Waals surface area contributed by atoms with Crippen molar-refractivity contribution in [2.75, 3.05) is 31.7 Å². The first-order valence-electron chi connectivity index (χ1n) is 7.49. The van der Waals surface area contributed by atoms with Crippen molar-refractivity contribution in [1.82, 2.24) is 14.9 Å². The summed E-state index contributed by atoms with van der Waals surface area (Å²) >= 11 is 0. The molecular formula is C15H27N5. The first-order chi connectivity index (χ1) is 9.44. The quantitative estimate of drug-likeness (QED) is 0.800. The molecule has 1 unspecified atom stereocenters. The maximum atomic E-state index is 5.90. The zero-order valence-electron chi connectivity index (χ0n) is 13.1. The molecule has 1 fully saturated rings. The molecule has 0 saturated heterocycles. The maximum Gasteiger partial charge on any atom is 0.136 e. The number of rotatable bonds is 7. The lowest BCUT2D eigenvalue weighted by molar-refractivity contribution is 0.356. The highest BCUT2D eigenvalue weighted by Gasteiger charge is 2.27. The molecule has 2 rings (SSSR count). The molecule has 112 valence electrons. The van der Waals surface area contributed by atoms with Crippen LogP contribution in [0.15, 0.2) is 6.07 Å². The molecule has 1 aromatic rings. The van der Waals surface area contributed by atoms with Crippen LogP contribution in [-0.2, 0) is 0 Å². The molecule has 1 aliphatic carbocycles. The predicted molar refractivity (Wildman–Crippen MR) is 83.8 cm³/mol. The number of nitrogens with one attached hydrogen (secondary N) is 1. The van der Waals surface area contributed by atoms with Crippen LogP contribution in [0.25, 0.3) is 0 Å². The van der Waals surface area contributed by atoms with Crippen molar-refractivity contribution in [3.63, 3.8) is 0 Å². The molecule has 0 aliphatic heterocycles. The van der Waals surface area contributed by atoms with Gasteiger partial charge >= 0.3 is 0 Å². The van der Waals surface area contributed by atoms with E-state index >= 15 is 0 Å². The number of nitrogens with two attached hydrogens (primary N) is 1. The molecule has 5 heteroatoms. The molecule has 1 heterocycles. The molecule has 3 N–H and O–H groups in total. The van der Waals surface area contributed by atoms with Gasteiger partial charge in [-0.25, -0.2) is 9.97 Å². The number of hydrogen-bond acceptors (Lipinski definition) is 5. The van der Waals surface area contributed by atoms with Crippen molar-refractivity contribution < 1.29 is 0 Å². The molecule has 0 radical (unpaired) electrons. The lowest BCUT2D eigenvalue weighted by atomic mass is 10.0. The second-order valence-electron chi connectivity index (χ2n) is 6.54. The molecule has 0 aromatic carbocycles. The molecule has 0 bridgehead atoms. The zero-order chi connectivity index (χ0) is 14.7. The summed E-state index contributed by atoms with van der Waals surface area (Å²) in [5, 5.41) is 3.53. The second kappa shape index (κ2) is 6.39. The van der Waals surface area contributed by atoms with Gasteiger partial charge in [0, 0.05) is 24.6 Å². The summed E-state index contributed by atoms with van der Waals surface area (Å²) in [7, 11) is 4.19. The van der Waals surface area contributed by atoms with E-state index in [1.165, 1.54) is 12.8 Å². The first-order valence-corrected chi connectivity index (χ1v) is 7.49. The van der Waals surface area contributed by atoms with Crippen LogP contribution in [0.4, 0.5) is 11.6 Å². The van der Waals surface area contributed by atoms with Crippen LogP contribution < -0.4 is 11.1 Å². The minimum atomic E-state index is 0.381. The highest BCUT2D eigenvalue weighted by atomic mass is 15.1. The summed E-state index contributed by atoms with van der Waals surface area (Å²) in [4.78, 5) is 11.2. The van der Waals surface area contributed by atoms with Gasteiger partial charge in [0.15, 0.2) is 0 Å². The van der Waals surface area contributed by atoms with Crippen LogP contribution in [-0.4, -0.2) is 41.5 Å². The van der Waals surface area contributed by atoms with Gasteiger partial charge in [-0.1, -0.05) is 13.8 Å². The van der Waals surface area contributed by atoms with Gasteiger partial charge < -0.3 is 16.0 Å². The van der Waals surface area contributed by atoms with Crippen molar-refractivity contribution in [3.05, 3.63) is 11.9 Å². The fraction of sp³-hybridized carbons (Fsp3) is 0.733. The predicted octanol–water partition coefficient (Wildman–Crippen LogP) is 2.32. The lowest BCUT2D eigenvalue weighted by Gasteiger charge is -2.24. The summed E-state index contributed by atoms with van der Waals surface area (Å²) in [6.45, 7) is 5.48. The van der Waals surface area contributed by atoms with Crippen molar-refractivity contribution in [3.8, 4) is 0 Å². The van der Waals surface area contributed by atoms with E-state index in [0.29, 0.717) is 23.7 Å². The van der Waals surface area contributed by atoms with E-state index in [2.05, 4.69) is 48.1 Å². The Hall–Kier alpha value is -1.36. The third kappa shape index (κ3) is 4.63. The van der Waals surface area contributed by atoms with Gasteiger partial charge in [-0.15, -0.1) is 0 Å². The zero-order valence-corrected chi connectivity index (χ0v) is 13.1. The Morgan fingerprint density at radius 1 is 1.35 bits per heavy atom. The number of likely N-dealkylation sites (N-methyl/N-ethyl adjacent to an activating group) is 1. The summed E-state index contributed by atoms with van der Waals surface area (Å²) in [5.41, 5.74) is 5.90. The lowest BCUT2D eigenvalue weighted by Crippen LogP contribution is -2.34. The smallest absolute Gasteiger partial charge is 0.136 e. The van der Waals surface area contributed by atoms with E-state index in [4.69, 9.17) is 5.73 Å². The Morgan fingerprint density at radius 2 is 2.05 bits per heavy atom. The topological polar surface area (TPSA) is 67.1 Å². The number of anilines is 2. The van der Waals surface area contributed by atoms with E-state index in [9.17, 15) is 0 Å². The van der Waals surface area contributed by atoms with Gasteiger partial charge in [0.05, 0.1) is 0 Å². The van der Waals surface area contributed by atoms with Gasteiger partial charge in [0.1, 0.15) is 17.5 Å². The average Bonchev–Trinajstić information content (AvgIpc) is 3.09. The standard InChI is InChI=1S/C15H27N5/c1-10(2)7-12(9-20(3)4)17-14-8-13(16)18-15(19-14)11-5-6-11/h8,10-12H,5-7,9H2,1-4H3,(H3,16,17,18,19). The monoisotopic (exact) mass is 277 g/mol. The summed E-state index contributed by atoms with van der Waals surface area (Å²) in [6, 6.07) is 2.22. The normalized spacial score (nSPS) is 16.7. The van der Waals surface area contributed by atoms with E-state index in [0.717, 1.165) is 24.6 Å². The third-order valence-corrected chi connectivity index (χ3v) is 3.40. The summed E-state index contributed by atoms with van der Waals surface area (Å²) in [6.07, 6.45) is 3.49. The van der Waals surface area contributed by atoms with Crippen LogP contribution in [0, 0.1) is 5.92 Å². The fourth-order valence-corrected chi connectivity index (χ4v) is 2.48. The molecule has 0 spiro atoms. The Bertz CT molecular complexity index is 430. The highest BCUT2D eigenvalue weighted by molar-refractivity contribution is 5.46. The van der Waals surface area contributed by atoms with Gasteiger partial charge in [-0.05, 0) is 39.3 Å². The molecular weight excluding hydrogens is 250 g/mol. The molecule has 1 saturated carbocycles. The molecule has 1 aliphatic rings. The van der Waals surface area contributed by atoms with Gasteiger partial charge in [0.2, 0.25) is 0 Å². The number of nitrogens with zero attached hydrogens (tertiary/aromatic N) is 3. The molecule has 0 amide bonds. The van der Waals surface area contributed by atoms with E-state index in [1.807, 2.05) is 6.07 Å². The highest BCUT2D eigenvalue weighted by Crippen LogP contribution is 2.38. The van der Waals surface area contributed by atoms with Crippen molar-refractivity contribution in [1.29, 1.82) is 0 Å². The van der Waals surface area contributed by atoms with Gasteiger partial charge in [-0.2, -0.15) is 0 Å².